The summed E-state index contributed by atoms with van der Waals surface area (Å²) in [6, 6.07) is 0. The molecule has 1 saturated heterocycles. The summed E-state index contributed by atoms with van der Waals surface area (Å²) in [7, 11) is 0. The third-order valence-electron chi connectivity index (χ3n) is 3.24. The minimum absolute atomic E-state index is 0.0898. The van der Waals surface area contributed by atoms with Crippen molar-refractivity contribution in [3.63, 3.8) is 0 Å². The summed E-state index contributed by atoms with van der Waals surface area (Å²) in [6.45, 7) is 5.31. The molecule has 1 unspecified atom stereocenters. The zero-order valence-electron chi connectivity index (χ0n) is 10.6. The van der Waals surface area contributed by atoms with Crippen LogP contribution in [0.1, 0.15) is 6.92 Å². The van der Waals surface area contributed by atoms with Gasteiger partial charge in [-0.25, -0.2) is 4.98 Å². The Bertz CT molecular complexity index is 389. The number of anilines is 1. The monoisotopic (exact) mass is 249 g/mol. The highest BCUT2D eigenvalue weighted by Gasteiger charge is 2.24. The topological polar surface area (TPSA) is 75.4 Å². The first-order chi connectivity index (χ1) is 8.72. The highest BCUT2D eigenvalue weighted by Crippen LogP contribution is 2.12. The molecule has 6 nitrogen and oxygen atoms in total. The molecule has 1 aromatic heterocycles. The number of hydrogen-bond acceptors (Lipinski definition) is 5. The maximum absolute atomic E-state index is 12.0. The highest BCUT2D eigenvalue weighted by atomic mass is 16.2. The summed E-state index contributed by atoms with van der Waals surface area (Å²) in [5.74, 6) is 0.931. The van der Waals surface area contributed by atoms with Crippen LogP contribution in [0.5, 0.6) is 0 Å². The molecule has 2 heterocycles. The van der Waals surface area contributed by atoms with Crippen LogP contribution in [-0.4, -0.2) is 53.5 Å². The standard InChI is InChI=1S/C12H19N5O/c1-10(8-13)12(18)17-6-4-16(5-7-17)11-9-14-2-3-15-11/h2-3,9-10H,4-8,13H2,1H3. The van der Waals surface area contributed by atoms with Crippen LogP contribution >= 0.6 is 0 Å². The summed E-state index contributed by atoms with van der Waals surface area (Å²) in [4.78, 5) is 24.3. The third-order valence-corrected chi connectivity index (χ3v) is 3.24. The Morgan fingerprint density at radius 3 is 2.67 bits per heavy atom. The Morgan fingerprint density at radius 1 is 1.39 bits per heavy atom. The lowest BCUT2D eigenvalue weighted by molar-refractivity contribution is -0.134. The van der Waals surface area contributed by atoms with Crippen molar-refractivity contribution < 1.29 is 4.79 Å². The molecule has 1 amide bonds. The van der Waals surface area contributed by atoms with E-state index in [0.29, 0.717) is 6.54 Å². The molecule has 18 heavy (non-hydrogen) atoms. The minimum atomic E-state index is -0.0898. The Morgan fingerprint density at radius 2 is 2.11 bits per heavy atom. The van der Waals surface area contributed by atoms with Crippen molar-refractivity contribution in [3.05, 3.63) is 18.6 Å². The summed E-state index contributed by atoms with van der Waals surface area (Å²) in [5, 5.41) is 0. The van der Waals surface area contributed by atoms with Gasteiger partial charge in [0.25, 0.3) is 0 Å². The number of carbonyl (C=O) groups is 1. The van der Waals surface area contributed by atoms with Gasteiger partial charge in [-0.05, 0) is 0 Å². The van der Waals surface area contributed by atoms with E-state index in [4.69, 9.17) is 5.73 Å². The molecular formula is C12H19N5O. The first-order valence-corrected chi connectivity index (χ1v) is 6.22. The molecule has 1 fully saturated rings. The fourth-order valence-electron chi connectivity index (χ4n) is 2.02. The van der Waals surface area contributed by atoms with Crippen LogP contribution in [0.25, 0.3) is 0 Å². The molecule has 0 aliphatic carbocycles. The first kappa shape index (κ1) is 12.8. The van der Waals surface area contributed by atoms with Crippen LogP contribution in [0.15, 0.2) is 18.6 Å². The van der Waals surface area contributed by atoms with E-state index >= 15 is 0 Å². The summed E-state index contributed by atoms with van der Waals surface area (Å²) in [6.07, 6.45) is 5.09. The molecular weight excluding hydrogens is 230 g/mol. The van der Waals surface area contributed by atoms with Gasteiger partial charge in [0, 0.05) is 51.0 Å². The number of amides is 1. The SMILES string of the molecule is CC(CN)C(=O)N1CCN(c2cnccn2)CC1. The van der Waals surface area contributed by atoms with Gasteiger partial charge in [-0.3, -0.25) is 9.78 Å². The molecule has 0 bridgehead atoms. The van der Waals surface area contributed by atoms with Gasteiger partial charge in [0.2, 0.25) is 5.91 Å². The number of rotatable bonds is 3. The second-order valence-electron chi connectivity index (χ2n) is 4.51. The van der Waals surface area contributed by atoms with Gasteiger partial charge in [-0.1, -0.05) is 6.92 Å². The molecule has 0 radical (unpaired) electrons. The van der Waals surface area contributed by atoms with Gasteiger partial charge >= 0.3 is 0 Å². The Labute approximate surface area is 107 Å². The van der Waals surface area contributed by atoms with Crippen molar-refractivity contribution in [1.82, 2.24) is 14.9 Å². The van der Waals surface area contributed by atoms with Crippen LogP contribution in [0, 0.1) is 5.92 Å². The molecule has 2 rings (SSSR count). The van der Waals surface area contributed by atoms with E-state index in [0.717, 1.165) is 32.0 Å². The van der Waals surface area contributed by atoms with Gasteiger partial charge in [0.1, 0.15) is 5.82 Å². The number of nitrogens with two attached hydrogens (primary N) is 1. The maximum Gasteiger partial charge on any atom is 0.226 e. The van der Waals surface area contributed by atoms with E-state index in [1.54, 1.807) is 18.6 Å². The van der Waals surface area contributed by atoms with Crippen LogP contribution in [0.2, 0.25) is 0 Å². The predicted octanol–water partition coefficient (Wildman–Crippen LogP) is -0.280. The van der Waals surface area contributed by atoms with Crippen molar-refractivity contribution in [2.24, 2.45) is 11.7 Å². The van der Waals surface area contributed by atoms with Crippen molar-refractivity contribution in [3.8, 4) is 0 Å². The van der Waals surface area contributed by atoms with E-state index in [1.165, 1.54) is 0 Å². The van der Waals surface area contributed by atoms with Crippen molar-refractivity contribution in [2.45, 2.75) is 6.92 Å². The van der Waals surface area contributed by atoms with Crippen LogP contribution in [0.3, 0.4) is 0 Å². The quantitative estimate of drug-likeness (QED) is 0.797. The number of hydrogen-bond donors (Lipinski definition) is 1. The fraction of sp³-hybridized carbons (Fsp3) is 0.583. The van der Waals surface area contributed by atoms with E-state index in [9.17, 15) is 4.79 Å². The molecule has 6 heteroatoms. The Hall–Kier alpha value is -1.69. The fourth-order valence-corrected chi connectivity index (χ4v) is 2.02. The maximum atomic E-state index is 12.0. The average molecular weight is 249 g/mol. The average Bonchev–Trinajstić information content (AvgIpc) is 2.47. The smallest absolute Gasteiger partial charge is 0.226 e. The second kappa shape index (κ2) is 5.77. The zero-order valence-corrected chi connectivity index (χ0v) is 10.6. The first-order valence-electron chi connectivity index (χ1n) is 6.22. The molecule has 1 aromatic rings. The number of nitrogens with zero attached hydrogens (tertiary/aromatic N) is 4. The normalized spacial score (nSPS) is 17.7. The molecule has 0 spiro atoms. The summed E-state index contributed by atoms with van der Waals surface area (Å²) >= 11 is 0. The van der Waals surface area contributed by atoms with Crippen molar-refractivity contribution in [2.75, 3.05) is 37.6 Å². The lowest BCUT2D eigenvalue weighted by Crippen LogP contribution is -2.51. The van der Waals surface area contributed by atoms with Gasteiger partial charge in [-0.2, -0.15) is 0 Å². The molecule has 0 aromatic carbocycles. The number of carbonyl (C=O) groups excluding carboxylic acids is 1. The van der Waals surface area contributed by atoms with Gasteiger partial charge in [0.05, 0.1) is 6.20 Å². The van der Waals surface area contributed by atoms with Crippen molar-refractivity contribution in [1.29, 1.82) is 0 Å². The van der Waals surface area contributed by atoms with E-state index in [2.05, 4.69) is 14.9 Å². The van der Waals surface area contributed by atoms with E-state index in [1.807, 2.05) is 11.8 Å². The van der Waals surface area contributed by atoms with Gasteiger partial charge in [-0.15, -0.1) is 0 Å². The second-order valence-corrected chi connectivity index (χ2v) is 4.51. The predicted molar refractivity (Wildman–Crippen MR) is 69.0 cm³/mol. The summed E-state index contributed by atoms with van der Waals surface area (Å²) in [5.41, 5.74) is 5.52. The lowest BCUT2D eigenvalue weighted by atomic mass is 10.1. The highest BCUT2D eigenvalue weighted by molar-refractivity contribution is 5.79. The molecule has 1 atom stereocenters. The summed E-state index contributed by atoms with van der Waals surface area (Å²) < 4.78 is 0. The Balaban J connectivity index is 1.90. The third kappa shape index (κ3) is 2.76. The van der Waals surface area contributed by atoms with Crippen LogP contribution in [0.4, 0.5) is 5.82 Å². The molecule has 1 aliphatic heterocycles. The Kier molecular flexibility index (Phi) is 4.09. The molecule has 98 valence electrons. The van der Waals surface area contributed by atoms with Gasteiger partial charge in [0.15, 0.2) is 0 Å². The van der Waals surface area contributed by atoms with Crippen molar-refractivity contribution >= 4 is 11.7 Å². The molecule has 1 aliphatic rings. The molecule has 2 N–H and O–H groups in total. The number of piperazine rings is 1. The number of aromatic nitrogens is 2. The lowest BCUT2D eigenvalue weighted by Gasteiger charge is -2.36. The van der Waals surface area contributed by atoms with E-state index < -0.39 is 0 Å². The molecule has 0 saturated carbocycles. The van der Waals surface area contributed by atoms with Gasteiger partial charge < -0.3 is 15.5 Å². The van der Waals surface area contributed by atoms with Crippen LogP contribution in [-0.2, 0) is 4.79 Å². The largest absolute Gasteiger partial charge is 0.352 e. The minimum Gasteiger partial charge on any atom is -0.352 e. The van der Waals surface area contributed by atoms with Crippen LogP contribution < -0.4 is 10.6 Å². The zero-order chi connectivity index (χ0) is 13.0. The van der Waals surface area contributed by atoms with E-state index in [-0.39, 0.29) is 11.8 Å².